The van der Waals surface area contributed by atoms with E-state index in [9.17, 15) is 9.18 Å². The summed E-state index contributed by atoms with van der Waals surface area (Å²) >= 11 is 0. The molecule has 0 aliphatic heterocycles. The predicted octanol–water partition coefficient (Wildman–Crippen LogP) is 6.61. The molecule has 4 rings (SSSR count). The fourth-order valence-electron chi connectivity index (χ4n) is 5.56. The maximum atomic E-state index is 13.9. The molecule has 0 aliphatic rings. The molecule has 4 aromatic carbocycles. The van der Waals surface area contributed by atoms with E-state index in [-0.39, 0.29) is 30.7 Å². The summed E-state index contributed by atoms with van der Waals surface area (Å²) in [5.74, 6) is -1.21. The molecule has 0 aromatic heterocycles. The van der Waals surface area contributed by atoms with Crippen molar-refractivity contribution in [3.63, 3.8) is 0 Å². The van der Waals surface area contributed by atoms with Gasteiger partial charge in [-0.05, 0) is 38.7 Å². The molecule has 0 radical (unpaired) electrons. The second kappa shape index (κ2) is 15.2. The summed E-state index contributed by atoms with van der Waals surface area (Å²) < 4.78 is 38.5. The van der Waals surface area contributed by atoms with Crippen molar-refractivity contribution in [1.82, 2.24) is 0 Å². The van der Waals surface area contributed by atoms with Crippen molar-refractivity contribution < 1.29 is 27.8 Å². The van der Waals surface area contributed by atoms with Gasteiger partial charge in [0.1, 0.15) is 12.6 Å². The summed E-state index contributed by atoms with van der Waals surface area (Å²) in [7, 11) is -1.55. The molecular weight excluding hydrogens is 559 g/mol. The first kappa shape index (κ1) is 32.3. The van der Waals surface area contributed by atoms with Crippen LogP contribution in [0.25, 0.3) is 0 Å². The van der Waals surface area contributed by atoms with Gasteiger partial charge in [-0.3, -0.25) is 4.79 Å². The molecule has 0 bridgehead atoms. The molecular formula is C36H41FO5Si. The molecule has 0 saturated heterocycles. The molecule has 2 atom stereocenters. The summed E-state index contributed by atoms with van der Waals surface area (Å²) in [6.45, 7) is 7.18. The number of halogens is 1. The molecule has 0 N–H and O–H groups in total. The van der Waals surface area contributed by atoms with E-state index in [0.717, 1.165) is 21.5 Å². The molecule has 0 unspecified atom stereocenters. The molecule has 0 spiro atoms. The molecule has 0 heterocycles. The average Bonchev–Trinajstić information content (AvgIpc) is 3.02. The van der Waals surface area contributed by atoms with Gasteiger partial charge in [-0.1, -0.05) is 124 Å². The van der Waals surface area contributed by atoms with E-state index in [1.165, 1.54) is 19.2 Å². The lowest BCUT2D eigenvalue weighted by molar-refractivity contribution is -0.145. The summed E-state index contributed by atoms with van der Waals surface area (Å²) in [4.78, 5) is 12.7. The van der Waals surface area contributed by atoms with Gasteiger partial charge in [0, 0.05) is 5.92 Å². The molecule has 7 heteroatoms. The van der Waals surface area contributed by atoms with Crippen molar-refractivity contribution in [2.45, 2.75) is 50.9 Å². The molecule has 5 nitrogen and oxygen atoms in total. The zero-order chi connectivity index (χ0) is 30.7. The van der Waals surface area contributed by atoms with Crippen LogP contribution < -0.4 is 10.4 Å². The molecule has 226 valence electrons. The number of hydrogen-bond acceptors (Lipinski definition) is 5. The van der Waals surface area contributed by atoms with Gasteiger partial charge in [-0.25, -0.2) is 4.39 Å². The van der Waals surface area contributed by atoms with E-state index in [0.29, 0.717) is 6.61 Å². The summed E-state index contributed by atoms with van der Waals surface area (Å²) in [5, 5.41) is 2.02. The smallest absolute Gasteiger partial charge is 0.306 e. The maximum Gasteiger partial charge on any atom is 0.306 e. The Hall–Kier alpha value is -3.62. The van der Waals surface area contributed by atoms with E-state index in [1.54, 1.807) is 12.1 Å². The summed E-state index contributed by atoms with van der Waals surface area (Å²) in [6.07, 6.45) is -0.558. The first-order valence-electron chi connectivity index (χ1n) is 14.5. The van der Waals surface area contributed by atoms with Crippen LogP contribution >= 0.6 is 0 Å². The fourth-order valence-corrected chi connectivity index (χ4v) is 10.1. The van der Waals surface area contributed by atoms with Crippen LogP contribution in [0.1, 0.15) is 44.2 Å². The van der Waals surface area contributed by atoms with Gasteiger partial charge >= 0.3 is 5.97 Å². The standard InChI is InChI=1S/C36H41FO5Si/c1-36(2,3)43(31-16-10-6-11-17-31,32-18-12-7-13-19-32)42-26-34(41-27-40-25-28-14-8-5-9-15-28)33(24-35(38)39-4)29-20-22-30(37)23-21-29/h5-23,33-34H,24-27H2,1-4H3/t33-,34-/m1/s1. The first-order valence-corrected chi connectivity index (χ1v) is 16.5. The van der Waals surface area contributed by atoms with E-state index >= 15 is 0 Å². The van der Waals surface area contributed by atoms with E-state index < -0.39 is 26.3 Å². The number of rotatable bonds is 14. The number of hydrogen-bond donors (Lipinski definition) is 0. The molecule has 4 aromatic rings. The third kappa shape index (κ3) is 8.27. The molecule has 0 aliphatic carbocycles. The lowest BCUT2D eigenvalue weighted by atomic mass is 9.90. The normalized spacial score (nSPS) is 13.3. The SMILES string of the molecule is COC(=O)C[C@H](c1ccc(F)cc1)[C@@H](CO[Si](c1ccccc1)(c1ccccc1)C(C)(C)C)OCOCc1ccccc1. The predicted molar refractivity (Wildman–Crippen MR) is 170 cm³/mol. The van der Waals surface area contributed by atoms with Crippen LogP contribution in [0, 0.1) is 5.82 Å². The second-order valence-electron chi connectivity index (χ2n) is 11.6. The van der Waals surface area contributed by atoms with Gasteiger partial charge < -0.3 is 18.6 Å². The van der Waals surface area contributed by atoms with Crippen LogP contribution in [0.15, 0.2) is 115 Å². The van der Waals surface area contributed by atoms with Crippen molar-refractivity contribution >= 4 is 24.7 Å². The molecule has 0 amide bonds. The summed E-state index contributed by atoms with van der Waals surface area (Å²) in [6, 6.07) is 36.7. The lowest BCUT2D eigenvalue weighted by Crippen LogP contribution is -2.67. The Morgan fingerprint density at radius 2 is 1.33 bits per heavy atom. The highest BCUT2D eigenvalue weighted by molar-refractivity contribution is 6.99. The van der Waals surface area contributed by atoms with Crippen LogP contribution in [0.2, 0.25) is 5.04 Å². The Morgan fingerprint density at radius 3 is 1.84 bits per heavy atom. The largest absolute Gasteiger partial charge is 0.469 e. The number of benzene rings is 4. The van der Waals surface area contributed by atoms with Crippen LogP contribution in [0.5, 0.6) is 0 Å². The fraction of sp³-hybridized carbons (Fsp3) is 0.306. The van der Waals surface area contributed by atoms with Gasteiger partial charge in [0.2, 0.25) is 0 Å². The van der Waals surface area contributed by atoms with Crippen molar-refractivity contribution in [3.05, 3.63) is 132 Å². The van der Waals surface area contributed by atoms with Gasteiger partial charge in [-0.2, -0.15) is 0 Å². The van der Waals surface area contributed by atoms with Crippen LogP contribution in [0.3, 0.4) is 0 Å². The number of esters is 1. The van der Waals surface area contributed by atoms with Gasteiger partial charge in [0.25, 0.3) is 8.32 Å². The Labute approximate surface area is 255 Å². The monoisotopic (exact) mass is 600 g/mol. The van der Waals surface area contributed by atoms with Gasteiger partial charge in [-0.15, -0.1) is 0 Å². The summed E-state index contributed by atoms with van der Waals surface area (Å²) in [5.41, 5.74) is 1.78. The van der Waals surface area contributed by atoms with Crippen LogP contribution in [-0.4, -0.2) is 40.9 Å². The Morgan fingerprint density at radius 1 is 0.791 bits per heavy atom. The van der Waals surface area contributed by atoms with Crippen LogP contribution in [-0.2, 0) is 30.0 Å². The first-order chi connectivity index (χ1) is 20.7. The number of carbonyl (C=O) groups excluding carboxylic acids is 1. The topological polar surface area (TPSA) is 54.0 Å². The van der Waals surface area contributed by atoms with Gasteiger partial charge in [0.05, 0.1) is 32.8 Å². The van der Waals surface area contributed by atoms with Gasteiger partial charge in [0.15, 0.2) is 0 Å². The average molecular weight is 601 g/mol. The third-order valence-corrected chi connectivity index (χ3v) is 12.7. The van der Waals surface area contributed by atoms with E-state index in [1.807, 2.05) is 66.7 Å². The second-order valence-corrected chi connectivity index (χ2v) is 15.9. The quantitative estimate of drug-likeness (QED) is 0.0706. The lowest BCUT2D eigenvalue weighted by Gasteiger charge is -2.44. The number of carbonyl (C=O) groups is 1. The van der Waals surface area contributed by atoms with Crippen LogP contribution in [0.4, 0.5) is 4.39 Å². The molecule has 0 saturated carbocycles. The highest BCUT2D eigenvalue weighted by Gasteiger charge is 2.50. The number of methoxy groups -OCH3 is 1. The highest BCUT2D eigenvalue weighted by Crippen LogP contribution is 2.38. The minimum Gasteiger partial charge on any atom is -0.469 e. The Kier molecular flexibility index (Phi) is 11.4. The van der Waals surface area contributed by atoms with Crippen molar-refractivity contribution in [1.29, 1.82) is 0 Å². The van der Waals surface area contributed by atoms with E-state index in [2.05, 4.69) is 45.0 Å². The zero-order valence-electron chi connectivity index (χ0n) is 25.4. The van der Waals surface area contributed by atoms with E-state index in [4.69, 9.17) is 18.6 Å². The minimum atomic E-state index is -2.91. The number of ether oxygens (including phenoxy) is 3. The third-order valence-electron chi connectivity index (χ3n) is 7.72. The minimum absolute atomic E-state index is 0.0114. The molecule has 43 heavy (non-hydrogen) atoms. The zero-order valence-corrected chi connectivity index (χ0v) is 26.4. The van der Waals surface area contributed by atoms with Crippen molar-refractivity contribution in [2.24, 2.45) is 0 Å². The molecule has 0 fully saturated rings. The van der Waals surface area contributed by atoms with Crippen molar-refractivity contribution in [2.75, 3.05) is 20.5 Å². The van der Waals surface area contributed by atoms with Crippen molar-refractivity contribution in [3.8, 4) is 0 Å². The maximum absolute atomic E-state index is 13.9. The Bertz CT molecular complexity index is 1350. The Balaban J connectivity index is 1.71. The highest BCUT2D eigenvalue weighted by atomic mass is 28.4.